The van der Waals surface area contributed by atoms with Crippen LogP contribution < -0.4 is 15.4 Å². The predicted molar refractivity (Wildman–Crippen MR) is 118 cm³/mol. The van der Waals surface area contributed by atoms with Crippen LogP contribution in [-0.2, 0) is 17.8 Å². The van der Waals surface area contributed by atoms with Crippen LogP contribution in [0, 0.1) is 11.7 Å². The molecule has 0 bridgehead atoms. The molecule has 0 saturated carbocycles. The van der Waals surface area contributed by atoms with Gasteiger partial charge in [0.2, 0.25) is 0 Å². The molecule has 0 spiro atoms. The van der Waals surface area contributed by atoms with E-state index in [9.17, 15) is 4.39 Å². The molecule has 1 atom stereocenters. The second-order valence-electron chi connectivity index (χ2n) is 7.28. The van der Waals surface area contributed by atoms with Crippen molar-refractivity contribution in [3.05, 3.63) is 29.1 Å². The summed E-state index contributed by atoms with van der Waals surface area (Å²) in [6.07, 6.45) is 4.22. The van der Waals surface area contributed by atoms with Gasteiger partial charge in [-0.15, -0.1) is 24.0 Å². The Morgan fingerprint density at radius 1 is 1.26 bits per heavy atom. The van der Waals surface area contributed by atoms with Crippen molar-refractivity contribution in [2.75, 3.05) is 20.4 Å². The molecule has 0 aromatic heterocycles. The number of fused-ring (bicyclic) bond motifs is 1. The van der Waals surface area contributed by atoms with Gasteiger partial charge in [-0.3, -0.25) is 4.99 Å². The van der Waals surface area contributed by atoms with Gasteiger partial charge in [0.15, 0.2) is 12.8 Å². The van der Waals surface area contributed by atoms with Gasteiger partial charge in [0, 0.05) is 25.2 Å². The van der Waals surface area contributed by atoms with Crippen LogP contribution in [0.2, 0.25) is 0 Å². The lowest BCUT2D eigenvalue weighted by atomic mass is 10.0. The summed E-state index contributed by atoms with van der Waals surface area (Å²) in [4.78, 5) is 4.28. The lowest BCUT2D eigenvalue weighted by Gasteiger charge is -2.21. The first-order chi connectivity index (χ1) is 12.5. The molecule has 0 aliphatic carbocycles. The van der Waals surface area contributed by atoms with Crippen LogP contribution in [0.15, 0.2) is 17.1 Å². The second-order valence-corrected chi connectivity index (χ2v) is 7.28. The number of ether oxygens (including phenoxy) is 2. The molecule has 154 valence electrons. The van der Waals surface area contributed by atoms with E-state index in [0.29, 0.717) is 25.6 Å². The van der Waals surface area contributed by atoms with E-state index in [0.717, 1.165) is 35.2 Å². The number of hydrogen-bond donors (Lipinski definition) is 2. The molecule has 5 nitrogen and oxygen atoms in total. The van der Waals surface area contributed by atoms with Crippen LogP contribution in [0.3, 0.4) is 0 Å². The first kappa shape index (κ1) is 23.9. The molecule has 0 fully saturated rings. The van der Waals surface area contributed by atoms with Gasteiger partial charge in [-0.2, -0.15) is 0 Å². The van der Waals surface area contributed by atoms with E-state index in [4.69, 9.17) is 9.47 Å². The van der Waals surface area contributed by atoms with Gasteiger partial charge in [0.1, 0.15) is 11.6 Å². The van der Waals surface area contributed by atoms with Gasteiger partial charge in [0.25, 0.3) is 0 Å². The topological polar surface area (TPSA) is 54.9 Å². The Labute approximate surface area is 179 Å². The number of benzene rings is 1. The van der Waals surface area contributed by atoms with E-state index in [1.165, 1.54) is 25.0 Å². The third kappa shape index (κ3) is 8.21. The zero-order chi connectivity index (χ0) is 18.9. The standard InChI is InChI=1S/C20H32FN3O2.HI/c1-14(2)6-5-7-15(3)24-20(22-4)23-9-8-16-10-18(21)11-17-12-25-13-26-19(16)17;/h10-11,14-15H,5-9,12-13H2,1-4H3,(H2,22,23,24);1H. The van der Waals surface area contributed by atoms with Gasteiger partial charge in [-0.25, -0.2) is 4.39 Å². The molecule has 2 N–H and O–H groups in total. The van der Waals surface area contributed by atoms with Crippen molar-refractivity contribution in [3.63, 3.8) is 0 Å². The van der Waals surface area contributed by atoms with E-state index < -0.39 is 0 Å². The number of guanidine groups is 1. The molecule has 1 aliphatic heterocycles. The van der Waals surface area contributed by atoms with E-state index in [1.54, 1.807) is 7.05 Å². The summed E-state index contributed by atoms with van der Waals surface area (Å²) in [5.74, 6) is 2.01. The van der Waals surface area contributed by atoms with Gasteiger partial charge in [0.05, 0.1) is 6.61 Å². The highest BCUT2D eigenvalue weighted by Gasteiger charge is 2.17. The van der Waals surface area contributed by atoms with E-state index >= 15 is 0 Å². The second kappa shape index (κ2) is 12.4. The van der Waals surface area contributed by atoms with Crippen LogP contribution in [0.1, 0.15) is 51.2 Å². The van der Waals surface area contributed by atoms with E-state index in [-0.39, 0.29) is 36.6 Å². The molecule has 1 unspecified atom stereocenters. The highest BCUT2D eigenvalue weighted by atomic mass is 127. The molecular weight excluding hydrogens is 460 g/mol. The molecule has 7 heteroatoms. The van der Waals surface area contributed by atoms with Crippen LogP contribution in [0.5, 0.6) is 5.75 Å². The van der Waals surface area contributed by atoms with Gasteiger partial charge in [-0.1, -0.05) is 26.7 Å². The summed E-state index contributed by atoms with van der Waals surface area (Å²) in [6, 6.07) is 3.38. The third-order valence-corrected chi connectivity index (χ3v) is 4.46. The lowest BCUT2D eigenvalue weighted by molar-refractivity contribution is -0.0172. The monoisotopic (exact) mass is 493 g/mol. The summed E-state index contributed by atoms with van der Waals surface area (Å²) in [6.45, 7) is 7.93. The maximum absolute atomic E-state index is 13.8. The summed E-state index contributed by atoms with van der Waals surface area (Å²) < 4.78 is 24.6. The Morgan fingerprint density at radius 2 is 2.04 bits per heavy atom. The number of nitrogens with zero attached hydrogens (tertiary/aromatic N) is 1. The Morgan fingerprint density at radius 3 is 2.74 bits per heavy atom. The van der Waals surface area contributed by atoms with Gasteiger partial charge in [-0.05, 0) is 43.4 Å². The van der Waals surface area contributed by atoms with Crippen molar-refractivity contribution < 1.29 is 13.9 Å². The minimum absolute atomic E-state index is 0. The minimum atomic E-state index is -0.255. The number of aliphatic imine (C=N–C) groups is 1. The van der Waals surface area contributed by atoms with Crippen molar-refractivity contribution in [3.8, 4) is 5.75 Å². The third-order valence-electron chi connectivity index (χ3n) is 4.46. The zero-order valence-electron chi connectivity index (χ0n) is 16.8. The largest absolute Gasteiger partial charge is 0.467 e. The molecule has 2 rings (SSSR count). The molecule has 27 heavy (non-hydrogen) atoms. The fourth-order valence-electron chi connectivity index (χ4n) is 3.09. The van der Waals surface area contributed by atoms with Crippen molar-refractivity contribution in [1.29, 1.82) is 0 Å². The quantitative estimate of drug-likeness (QED) is 0.324. The summed E-state index contributed by atoms with van der Waals surface area (Å²) in [5, 5.41) is 6.72. The summed E-state index contributed by atoms with van der Waals surface area (Å²) >= 11 is 0. The smallest absolute Gasteiger partial charge is 0.191 e. The Kier molecular flexibility index (Phi) is 11.0. The fourth-order valence-corrected chi connectivity index (χ4v) is 3.09. The molecule has 0 amide bonds. The maximum Gasteiger partial charge on any atom is 0.191 e. The van der Waals surface area contributed by atoms with E-state index in [2.05, 4.69) is 36.4 Å². The average Bonchev–Trinajstić information content (AvgIpc) is 2.60. The first-order valence-corrected chi connectivity index (χ1v) is 9.48. The molecule has 1 heterocycles. The van der Waals surface area contributed by atoms with Crippen molar-refractivity contribution in [2.45, 2.75) is 59.1 Å². The normalized spacial score (nSPS) is 14.8. The average molecular weight is 493 g/mol. The van der Waals surface area contributed by atoms with Crippen molar-refractivity contribution in [1.82, 2.24) is 10.6 Å². The Bertz CT molecular complexity index is 611. The van der Waals surface area contributed by atoms with Crippen molar-refractivity contribution >= 4 is 29.9 Å². The minimum Gasteiger partial charge on any atom is -0.467 e. The molecule has 0 radical (unpaired) electrons. The fraction of sp³-hybridized carbons (Fsp3) is 0.650. The number of rotatable bonds is 8. The molecule has 1 aromatic rings. The zero-order valence-corrected chi connectivity index (χ0v) is 19.1. The highest BCUT2D eigenvalue weighted by molar-refractivity contribution is 14.0. The van der Waals surface area contributed by atoms with E-state index in [1.807, 2.05) is 0 Å². The van der Waals surface area contributed by atoms with Gasteiger partial charge >= 0.3 is 0 Å². The molecule has 0 saturated heterocycles. The van der Waals surface area contributed by atoms with Crippen LogP contribution in [-0.4, -0.2) is 32.4 Å². The van der Waals surface area contributed by atoms with Crippen molar-refractivity contribution in [2.24, 2.45) is 10.9 Å². The molecular formula is C20H33FIN3O2. The van der Waals surface area contributed by atoms with Crippen LogP contribution >= 0.6 is 24.0 Å². The summed E-state index contributed by atoms with van der Waals surface area (Å²) in [5.41, 5.74) is 1.63. The van der Waals surface area contributed by atoms with Crippen LogP contribution in [0.4, 0.5) is 4.39 Å². The maximum atomic E-state index is 13.8. The first-order valence-electron chi connectivity index (χ1n) is 9.48. The predicted octanol–water partition coefficient (Wildman–Crippen LogP) is 4.23. The van der Waals surface area contributed by atoms with Crippen LogP contribution in [0.25, 0.3) is 0 Å². The van der Waals surface area contributed by atoms with Gasteiger partial charge < -0.3 is 20.1 Å². The highest BCUT2D eigenvalue weighted by Crippen LogP contribution is 2.29. The number of halogens is 2. The molecule has 1 aromatic carbocycles. The Hall–Kier alpha value is -1.09. The Balaban J connectivity index is 0.00000364. The lowest BCUT2D eigenvalue weighted by Crippen LogP contribution is -2.42. The summed E-state index contributed by atoms with van der Waals surface area (Å²) in [7, 11) is 1.76. The number of hydrogen-bond acceptors (Lipinski definition) is 3. The SMILES string of the molecule is CN=C(NCCc1cc(F)cc2c1OCOC2)NC(C)CCCC(C)C.I. The molecule has 1 aliphatic rings. The number of nitrogens with one attached hydrogen (secondary N) is 2.